The van der Waals surface area contributed by atoms with Gasteiger partial charge in [-0.15, -0.1) is 0 Å². The van der Waals surface area contributed by atoms with Gasteiger partial charge in [0.2, 0.25) is 0 Å². The van der Waals surface area contributed by atoms with E-state index in [0.29, 0.717) is 6.10 Å². The first-order chi connectivity index (χ1) is 4.83. The average molecular weight is 138 g/mol. The van der Waals surface area contributed by atoms with Crippen LogP contribution >= 0.6 is 0 Å². The van der Waals surface area contributed by atoms with E-state index < -0.39 is 0 Å². The number of ether oxygens (including phenoxy) is 1. The quantitative estimate of drug-likeness (QED) is 0.505. The summed E-state index contributed by atoms with van der Waals surface area (Å²) in [5, 5.41) is 0. The van der Waals surface area contributed by atoms with E-state index in [9.17, 15) is 0 Å². The highest BCUT2D eigenvalue weighted by Crippen LogP contribution is 2.12. The van der Waals surface area contributed by atoms with Crippen LogP contribution in [-0.4, -0.2) is 13.2 Å². The van der Waals surface area contributed by atoms with Crippen molar-refractivity contribution in [2.75, 3.05) is 7.11 Å². The molecule has 0 saturated heterocycles. The number of methoxy groups -OCH3 is 1. The van der Waals surface area contributed by atoms with E-state index in [2.05, 4.69) is 25.2 Å². The fourth-order valence-corrected chi connectivity index (χ4v) is 1.06. The van der Waals surface area contributed by atoms with Crippen LogP contribution in [0, 0.1) is 0 Å². The molecule has 0 amide bonds. The molecule has 0 radical (unpaired) electrons. The van der Waals surface area contributed by atoms with Gasteiger partial charge in [-0.3, -0.25) is 0 Å². The minimum Gasteiger partial charge on any atom is -0.377 e. The molecule has 1 aliphatic rings. The Morgan fingerprint density at radius 3 is 3.10 bits per heavy atom. The van der Waals surface area contributed by atoms with Gasteiger partial charge >= 0.3 is 0 Å². The molecule has 0 N–H and O–H groups in total. The van der Waals surface area contributed by atoms with E-state index in [1.54, 1.807) is 7.11 Å². The number of hydrogen-bond acceptors (Lipinski definition) is 1. The summed E-state index contributed by atoms with van der Waals surface area (Å²) in [4.78, 5) is 0. The van der Waals surface area contributed by atoms with Crippen LogP contribution in [0.3, 0.4) is 0 Å². The van der Waals surface area contributed by atoms with Gasteiger partial charge in [0.25, 0.3) is 0 Å². The molecule has 0 fully saturated rings. The van der Waals surface area contributed by atoms with Crippen molar-refractivity contribution in [1.82, 2.24) is 0 Å². The standard InChI is InChI=1S/C9H14O/c1-8-4-3-5-9(10-2)7-6-8/h3,5-6,9H,4,7H2,1-2H3. The summed E-state index contributed by atoms with van der Waals surface area (Å²) in [7, 11) is 1.75. The minimum atomic E-state index is 0.303. The maximum atomic E-state index is 5.19. The van der Waals surface area contributed by atoms with Gasteiger partial charge in [0.1, 0.15) is 0 Å². The lowest BCUT2D eigenvalue weighted by atomic mass is 10.2. The summed E-state index contributed by atoms with van der Waals surface area (Å²) in [6.45, 7) is 2.16. The molecule has 56 valence electrons. The molecule has 0 aromatic heterocycles. The molecule has 1 rings (SSSR count). The zero-order valence-electron chi connectivity index (χ0n) is 6.63. The van der Waals surface area contributed by atoms with Crippen molar-refractivity contribution in [3.63, 3.8) is 0 Å². The number of rotatable bonds is 1. The molecular weight excluding hydrogens is 124 g/mol. The molecule has 0 saturated carbocycles. The van der Waals surface area contributed by atoms with Crippen molar-refractivity contribution in [1.29, 1.82) is 0 Å². The van der Waals surface area contributed by atoms with Gasteiger partial charge in [0, 0.05) is 7.11 Å². The van der Waals surface area contributed by atoms with E-state index in [-0.39, 0.29) is 0 Å². The van der Waals surface area contributed by atoms with Crippen molar-refractivity contribution >= 4 is 0 Å². The second-order valence-electron chi connectivity index (χ2n) is 2.69. The van der Waals surface area contributed by atoms with Gasteiger partial charge < -0.3 is 4.74 Å². The van der Waals surface area contributed by atoms with E-state index in [4.69, 9.17) is 4.74 Å². The SMILES string of the molecule is COC1C=CCC(C)=CC1. The second kappa shape index (κ2) is 3.57. The van der Waals surface area contributed by atoms with Gasteiger partial charge in [0.05, 0.1) is 6.10 Å². The summed E-state index contributed by atoms with van der Waals surface area (Å²) in [5.74, 6) is 0. The Hall–Kier alpha value is -0.560. The van der Waals surface area contributed by atoms with Crippen molar-refractivity contribution in [2.45, 2.75) is 25.9 Å². The first-order valence-corrected chi connectivity index (χ1v) is 3.68. The summed E-state index contributed by atoms with van der Waals surface area (Å²) in [6, 6.07) is 0. The molecule has 0 aliphatic heterocycles. The lowest BCUT2D eigenvalue weighted by Crippen LogP contribution is -2.03. The number of hydrogen-bond donors (Lipinski definition) is 0. The van der Waals surface area contributed by atoms with Gasteiger partial charge in [-0.2, -0.15) is 0 Å². The van der Waals surface area contributed by atoms with Crippen LogP contribution in [0.25, 0.3) is 0 Å². The zero-order valence-corrected chi connectivity index (χ0v) is 6.63. The largest absolute Gasteiger partial charge is 0.377 e. The van der Waals surface area contributed by atoms with E-state index in [0.717, 1.165) is 12.8 Å². The number of allylic oxidation sites excluding steroid dienone is 2. The topological polar surface area (TPSA) is 9.23 Å². The van der Waals surface area contributed by atoms with E-state index >= 15 is 0 Å². The van der Waals surface area contributed by atoms with Crippen molar-refractivity contribution in [3.05, 3.63) is 23.8 Å². The Labute approximate surface area is 62.4 Å². The molecule has 1 heteroatoms. The third-order valence-electron chi connectivity index (χ3n) is 1.79. The monoisotopic (exact) mass is 138 g/mol. The third-order valence-corrected chi connectivity index (χ3v) is 1.79. The highest BCUT2D eigenvalue weighted by atomic mass is 16.5. The van der Waals surface area contributed by atoms with Crippen LogP contribution in [0.4, 0.5) is 0 Å². The highest BCUT2D eigenvalue weighted by Gasteiger charge is 2.02. The van der Waals surface area contributed by atoms with Gasteiger partial charge in [-0.25, -0.2) is 0 Å². The van der Waals surface area contributed by atoms with Crippen LogP contribution in [0.15, 0.2) is 23.8 Å². The molecule has 0 spiro atoms. The highest BCUT2D eigenvalue weighted by molar-refractivity contribution is 5.11. The summed E-state index contributed by atoms with van der Waals surface area (Å²) in [5.41, 5.74) is 1.44. The summed E-state index contributed by atoms with van der Waals surface area (Å²) < 4.78 is 5.19. The summed E-state index contributed by atoms with van der Waals surface area (Å²) in [6.07, 6.45) is 8.96. The minimum absolute atomic E-state index is 0.303. The average Bonchev–Trinajstić information content (AvgIpc) is 2.14. The fraction of sp³-hybridized carbons (Fsp3) is 0.556. The van der Waals surface area contributed by atoms with Gasteiger partial charge in [-0.05, 0) is 19.8 Å². The maximum absolute atomic E-state index is 5.19. The van der Waals surface area contributed by atoms with Gasteiger partial charge in [0.15, 0.2) is 0 Å². The lowest BCUT2D eigenvalue weighted by molar-refractivity contribution is 0.144. The zero-order chi connectivity index (χ0) is 7.40. The molecule has 0 heterocycles. The molecule has 0 bridgehead atoms. The molecule has 1 aliphatic carbocycles. The first-order valence-electron chi connectivity index (χ1n) is 3.68. The second-order valence-corrected chi connectivity index (χ2v) is 2.69. The van der Waals surface area contributed by atoms with Crippen molar-refractivity contribution in [3.8, 4) is 0 Å². The predicted molar refractivity (Wildman–Crippen MR) is 42.9 cm³/mol. The third kappa shape index (κ3) is 1.99. The molecule has 0 aromatic carbocycles. The molecule has 1 atom stereocenters. The maximum Gasteiger partial charge on any atom is 0.0786 e. The lowest BCUT2D eigenvalue weighted by Gasteiger charge is -2.04. The van der Waals surface area contributed by atoms with E-state index in [1.165, 1.54) is 5.57 Å². The Morgan fingerprint density at radius 2 is 2.40 bits per heavy atom. The Bertz CT molecular complexity index is 156. The van der Waals surface area contributed by atoms with Crippen LogP contribution in [-0.2, 0) is 4.74 Å². The Balaban J connectivity index is 2.53. The van der Waals surface area contributed by atoms with Gasteiger partial charge in [-0.1, -0.05) is 23.8 Å². The van der Waals surface area contributed by atoms with Crippen LogP contribution < -0.4 is 0 Å². The summed E-state index contributed by atoms with van der Waals surface area (Å²) >= 11 is 0. The predicted octanol–water partition coefficient (Wildman–Crippen LogP) is 2.30. The molecule has 1 unspecified atom stereocenters. The Kier molecular flexibility index (Phi) is 2.69. The van der Waals surface area contributed by atoms with Crippen molar-refractivity contribution in [2.24, 2.45) is 0 Å². The van der Waals surface area contributed by atoms with E-state index in [1.807, 2.05) is 0 Å². The Morgan fingerprint density at radius 1 is 1.60 bits per heavy atom. The smallest absolute Gasteiger partial charge is 0.0786 e. The van der Waals surface area contributed by atoms with Crippen LogP contribution in [0.2, 0.25) is 0 Å². The van der Waals surface area contributed by atoms with Crippen molar-refractivity contribution < 1.29 is 4.74 Å². The molecular formula is C9H14O. The molecule has 0 aromatic rings. The molecule has 1 nitrogen and oxygen atoms in total. The molecule has 10 heavy (non-hydrogen) atoms. The van der Waals surface area contributed by atoms with Crippen LogP contribution in [0.5, 0.6) is 0 Å². The first kappa shape index (κ1) is 7.55. The van der Waals surface area contributed by atoms with Crippen LogP contribution in [0.1, 0.15) is 19.8 Å². The normalized spacial score (nSPS) is 25.8. The fourth-order valence-electron chi connectivity index (χ4n) is 1.06.